The minimum atomic E-state index is -0.250. The molecule has 3 aromatic rings. The van der Waals surface area contributed by atoms with Crippen LogP contribution in [0, 0.1) is 5.82 Å². The van der Waals surface area contributed by atoms with Crippen LogP contribution in [-0.4, -0.2) is 16.6 Å². The second kappa shape index (κ2) is 4.39. The van der Waals surface area contributed by atoms with E-state index < -0.39 is 0 Å². The topological polar surface area (TPSA) is 29.9 Å². The third-order valence-electron chi connectivity index (χ3n) is 3.25. The summed E-state index contributed by atoms with van der Waals surface area (Å²) in [5.41, 5.74) is 3.72. The van der Waals surface area contributed by atoms with Gasteiger partial charge in [-0.15, -0.1) is 0 Å². The number of fused-ring (bicyclic) bond motifs is 1. The third kappa shape index (κ3) is 1.95. The highest BCUT2D eigenvalue weighted by molar-refractivity contribution is 5.83. The molecule has 3 rings (SSSR count). The summed E-state index contributed by atoms with van der Waals surface area (Å²) < 4.78 is 15.3. The van der Waals surface area contributed by atoms with E-state index in [2.05, 4.69) is 10.3 Å². The van der Waals surface area contributed by atoms with Crippen molar-refractivity contribution < 1.29 is 4.39 Å². The first-order valence-corrected chi connectivity index (χ1v) is 6.09. The van der Waals surface area contributed by atoms with Crippen molar-refractivity contribution in [1.82, 2.24) is 9.55 Å². The van der Waals surface area contributed by atoms with Crippen LogP contribution >= 0.6 is 0 Å². The number of hydrogen-bond donors (Lipinski definition) is 1. The van der Waals surface area contributed by atoms with Crippen LogP contribution in [0.15, 0.2) is 42.5 Å². The van der Waals surface area contributed by atoms with Crippen LogP contribution in [0.25, 0.3) is 22.4 Å². The molecule has 1 heterocycles. The molecule has 0 aliphatic carbocycles. The predicted molar refractivity (Wildman–Crippen MR) is 75.7 cm³/mol. The van der Waals surface area contributed by atoms with Crippen molar-refractivity contribution in [3.63, 3.8) is 0 Å². The zero-order valence-electron chi connectivity index (χ0n) is 10.8. The number of aryl methyl sites for hydroxylation is 1. The highest BCUT2D eigenvalue weighted by Crippen LogP contribution is 2.25. The summed E-state index contributed by atoms with van der Waals surface area (Å²) in [6.45, 7) is 0. The van der Waals surface area contributed by atoms with Crippen LogP contribution in [0.2, 0.25) is 0 Å². The summed E-state index contributed by atoms with van der Waals surface area (Å²) in [6, 6.07) is 12.5. The van der Waals surface area contributed by atoms with Crippen LogP contribution < -0.4 is 5.32 Å². The summed E-state index contributed by atoms with van der Waals surface area (Å²) >= 11 is 0. The molecule has 0 atom stereocenters. The first kappa shape index (κ1) is 11.7. The molecule has 0 amide bonds. The van der Waals surface area contributed by atoms with E-state index in [1.165, 1.54) is 12.1 Å². The fraction of sp³-hybridized carbons (Fsp3) is 0.133. The van der Waals surface area contributed by atoms with Gasteiger partial charge in [0.1, 0.15) is 11.6 Å². The Kier molecular flexibility index (Phi) is 2.71. The maximum Gasteiger partial charge on any atom is 0.140 e. The normalized spacial score (nSPS) is 10.9. The summed E-state index contributed by atoms with van der Waals surface area (Å²) in [6.07, 6.45) is 0. The number of anilines is 1. The molecule has 1 aromatic heterocycles. The van der Waals surface area contributed by atoms with Gasteiger partial charge in [0.15, 0.2) is 0 Å². The minimum Gasteiger partial charge on any atom is -0.388 e. The Hall–Kier alpha value is -2.36. The zero-order chi connectivity index (χ0) is 13.4. The summed E-state index contributed by atoms with van der Waals surface area (Å²) in [7, 11) is 3.81. The highest BCUT2D eigenvalue weighted by atomic mass is 19.1. The van der Waals surface area contributed by atoms with E-state index in [-0.39, 0.29) is 5.82 Å². The van der Waals surface area contributed by atoms with Gasteiger partial charge in [-0.2, -0.15) is 0 Å². The lowest BCUT2D eigenvalue weighted by Gasteiger charge is -2.02. The minimum absolute atomic E-state index is 0.250. The number of halogens is 1. The summed E-state index contributed by atoms with van der Waals surface area (Å²) in [4.78, 5) is 4.59. The number of nitrogens with zero attached hydrogens (tertiary/aromatic N) is 2. The van der Waals surface area contributed by atoms with Crippen molar-refractivity contribution in [3.8, 4) is 11.4 Å². The second-order valence-corrected chi connectivity index (χ2v) is 4.46. The molecule has 96 valence electrons. The van der Waals surface area contributed by atoms with Gasteiger partial charge in [-0.05, 0) is 30.3 Å². The fourth-order valence-electron chi connectivity index (χ4n) is 2.24. The van der Waals surface area contributed by atoms with E-state index >= 15 is 0 Å². The average Bonchev–Trinajstić information content (AvgIpc) is 2.75. The molecule has 0 saturated carbocycles. The Morgan fingerprint density at radius 1 is 1.16 bits per heavy atom. The highest BCUT2D eigenvalue weighted by Gasteiger charge is 2.10. The number of nitrogens with one attached hydrogen (secondary N) is 1. The SMILES string of the molecule is CNc1ccc2c(c1)nc(-c1cccc(F)c1)n2C. The van der Waals surface area contributed by atoms with E-state index in [1.807, 2.05) is 42.9 Å². The van der Waals surface area contributed by atoms with Gasteiger partial charge in [-0.3, -0.25) is 0 Å². The summed E-state index contributed by atoms with van der Waals surface area (Å²) in [5, 5.41) is 3.09. The molecule has 0 bridgehead atoms. The van der Waals surface area contributed by atoms with Crippen molar-refractivity contribution in [3.05, 3.63) is 48.3 Å². The first-order valence-electron chi connectivity index (χ1n) is 6.09. The van der Waals surface area contributed by atoms with Gasteiger partial charge in [0.25, 0.3) is 0 Å². The van der Waals surface area contributed by atoms with Crippen LogP contribution in [0.3, 0.4) is 0 Å². The van der Waals surface area contributed by atoms with E-state index in [0.717, 1.165) is 28.1 Å². The van der Waals surface area contributed by atoms with Gasteiger partial charge >= 0.3 is 0 Å². The van der Waals surface area contributed by atoms with Gasteiger partial charge in [0.2, 0.25) is 0 Å². The van der Waals surface area contributed by atoms with E-state index in [0.29, 0.717) is 0 Å². The molecule has 0 radical (unpaired) electrons. The molecular formula is C15H14FN3. The monoisotopic (exact) mass is 255 g/mol. The van der Waals surface area contributed by atoms with Crippen molar-refractivity contribution in [2.45, 2.75) is 0 Å². The number of benzene rings is 2. The summed E-state index contributed by atoms with van der Waals surface area (Å²) in [5.74, 6) is 0.517. The molecule has 3 nitrogen and oxygen atoms in total. The Balaban J connectivity index is 2.22. The van der Waals surface area contributed by atoms with Gasteiger partial charge in [-0.1, -0.05) is 12.1 Å². The molecule has 0 aliphatic rings. The maximum atomic E-state index is 13.3. The van der Waals surface area contributed by atoms with Gasteiger partial charge in [0.05, 0.1) is 11.0 Å². The molecule has 0 saturated heterocycles. The maximum absolute atomic E-state index is 13.3. The molecule has 2 aromatic carbocycles. The van der Waals surface area contributed by atoms with Gasteiger partial charge in [-0.25, -0.2) is 9.37 Å². The lowest BCUT2D eigenvalue weighted by molar-refractivity contribution is 0.628. The second-order valence-electron chi connectivity index (χ2n) is 4.46. The molecular weight excluding hydrogens is 241 g/mol. The number of hydrogen-bond acceptors (Lipinski definition) is 2. The van der Waals surface area contributed by atoms with Gasteiger partial charge in [0, 0.05) is 25.3 Å². The third-order valence-corrected chi connectivity index (χ3v) is 3.25. The quantitative estimate of drug-likeness (QED) is 0.760. The van der Waals surface area contributed by atoms with Crippen LogP contribution in [0.5, 0.6) is 0 Å². The van der Waals surface area contributed by atoms with Crippen LogP contribution in [0.4, 0.5) is 10.1 Å². The van der Waals surface area contributed by atoms with Crippen molar-refractivity contribution in [2.24, 2.45) is 7.05 Å². The molecule has 0 unspecified atom stereocenters. The Morgan fingerprint density at radius 3 is 2.74 bits per heavy atom. The lowest BCUT2D eigenvalue weighted by Crippen LogP contribution is -1.93. The molecule has 4 heteroatoms. The molecule has 1 N–H and O–H groups in total. The lowest BCUT2D eigenvalue weighted by atomic mass is 10.2. The smallest absolute Gasteiger partial charge is 0.140 e. The Morgan fingerprint density at radius 2 is 2.00 bits per heavy atom. The van der Waals surface area contributed by atoms with Crippen molar-refractivity contribution in [2.75, 3.05) is 12.4 Å². The molecule has 19 heavy (non-hydrogen) atoms. The average molecular weight is 255 g/mol. The molecule has 0 fully saturated rings. The standard InChI is InChI=1S/C15H14FN3/c1-17-12-6-7-14-13(9-12)18-15(19(14)2)10-4-3-5-11(16)8-10/h3-9,17H,1-2H3. The Bertz CT molecular complexity index is 746. The zero-order valence-corrected chi connectivity index (χ0v) is 10.8. The first-order chi connectivity index (χ1) is 9.19. The fourth-order valence-corrected chi connectivity index (χ4v) is 2.24. The van der Waals surface area contributed by atoms with Crippen LogP contribution in [-0.2, 0) is 7.05 Å². The van der Waals surface area contributed by atoms with Crippen molar-refractivity contribution >= 4 is 16.7 Å². The number of rotatable bonds is 2. The largest absolute Gasteiger partial charge is 0.388 e. The number of aromatic nitrogens is 2. The predicted octanol–water partition coefficient (Wildman–Crippen LogP) is 3.42. The Labute approximate surface area is 110 Å². The van der Waals surface area contributed by atoms with E-state index in [1.54, 1.807) is 6.07 Å². The van der Waals surface area contributed by atoms with Gasteiger partial charge < -0.3 is 9.88 Å². The van der Waals surface area contributed by atoms with E-state index in [4.69, 9.17) is 0 Å². The molecule has 0 spiro atoms. The van der Waals surface area contributed by atoms with E-state index in [9.17, 15) is 4.39 Å². The molecule has 0 aliphatic heterocycles. The van der Waals surface area contributed by atoms with Crippen LogP contribution in [0.1, 0.15) is 0 Å². The number of imidazole rings is 1. The van der Waals surface area contributed by atoms with Crippen molar-refractivity contribution in [1.29, 1.82) is 0 Å².